The second-order valence-corrected chi connectivity index (χ2v) is 5.86. The molecule has 2 aromatic rings. The minimum Gasteiger partial charge on any atom is -0.409 e. The molecule has 1 atom stereocenters. The first-order valence-corrected chi connectivity index (χ1v) is 7.96. The van der Waals surface area contributed by atoms with Crippen LogP contribution in [0.15, 0.2) is 46.9 Å². The number of hydrogen-bond donors (Lipinski definition) is 3. The van der Waals surface area contributed by atoms with Gasteiger partial charge in [-0.05, 0) is 23.4 Å². The maximum Gasteiger partial charge on any atom is 0.170 e. The van der Waals surface area contributed by atoms with Crippen LogP contribution in [0.4, 0.5) is 0 Å². The minimum absolute atomic E-state index is 0.149. The fraction of sp³-hybridized carbons (Fsp3) is 0.312. The fourth-order valence-electron chi connectivity index (χ4n) is 2.33. The maximum absolute atomic E-state index is 8.87. The normalized spacial score (nSPS) is 13.3. The van der Waals surface area contributed by atoms with Gasteiger partial charge in [-0.2, -0.15) is 0 Å². The quantitative estimate of drug-likeness (QED) is 0.317. The Morgan fingerprint density at radius 3 is 2.81 bits per heavy atom. The molecule has 1 aromatic heterocycles. The van der Waals surface area contributed by atoms with Crippen molar-refractivity contribution in [1.29, 1.82) is 0 Å². The van der Waals surface area contributed by atoms with Crippen molar-refractivity contribution in [2.45, 2.75) is 32.4 Å². The molecule has 4 nitrogen and oxygen atoms in total. The summed E-state index contributed by atoms with van der Waals surface area (Å²) < 4.78 is 0. The van der Waals surface area contributed by atoms with E-state index in [0.29, 0.717) is 12.6 Å². The third kappa shape index (κ3) is 4.06. The van der Waals surface area contributed by atoms with E-state index in [4.69, 9.17) is 10.9 Å². The lowest BCUT2D eigenvalue weighted by Gasteiger charge is -2.18. The molecule has 21 heavy (non-hydrogen) atoms. The van der Waals surface area contributed by atoms with Gasteiger partial charge in [-0.3, -0.25) is 0 Å². The Balaban J connectivity index is 2.11. The van der Waals surface area contributed by atoms with Crippen LogP contribution in [0.2, 0.25) is 0 Å². The van der Waals surface area contributed by atoms with E-state index >= 15 is 0 Å². The van der Waals surface area contributed by atoms with Crippen molar-refractivity contribution in [1.82, 2.24) is 5.32 Å². The number of oxime groups is 1. The lowest BCUT2D eigenvalue weighted by molar-refractivity contribution is 0.318. The van der Waals surface area contributed by atoms with Crippen molar-refractivity contribution >= 4 is 17.2 Å². The topological polar surface area (TPSA) is 70.6 Å². The van der Waals surface area contributed by atoms with Gasteiger partial charge in [-0.1, -0.05) is 48.8 Å². The van der Waals surface area contributed by atoms with Crippen molar-refractivity contribution in [3.8, 4) is 0 Å². The molecule has 0 amide bonds. The number of nitrogens with two attached hydrogens (primary N) is 1. The number of amidine groups is 1. The van der Waals surface area contributed by atoms with Crippen molar-refractivity contribution < 1.29 is 5.21 Å². The zero-order valence-corrected chi connectivity index (χ0v) is 12.9. The molecule has 0 aliphatic carbocycles. The summed E-state index contributed by atoms with van der Waals surface area (Å²) in [5.41, 5.74) is 7.53. The molecule has 0 saturated carbocycles. The molecular formula is C16H21N3OS. The molecule has 1 unspecified atom stereocenters. The van der Waals surface area contributed by atoms with E-state index in [0.717, 1.165) is 24.0 Å². The third-order valence-electron chi connectivity index (χ3n) is 3.40. The smallest absolute Gasteiger partial charge is 0.170 e. The third-order valence-corrected chi connectivity index (χ3v) is 4.39. The largest absolute Gasteiger partial charge is 0.409 e. The van der Waals surface area contributed by atoms with Crippen LogP contribution in [0.5, 0.6) is 0 Å². The van der Waals surface area contributed by atoms with Gasteiger partial charge in [0.1, 0.15) is 0 Å². The summed E-state index contributed by atoms with van der Waals surface area (Å²) in [6.45, 7) is 2.88. The predicted octanol–water partition coefficient (Wildman–Crippen LogP) is 3.47. The highest BCUT2D eigenvalue weighted by atomic mass is 32.1. The monoisotopic (exact) mass is 303 g/mol. The van der Waals surface area contributed by atoms with Gasteiger partial charge < -0.3 is 16.3 Å². The summed E-state index contributed by atoms with van der Waals surface area (Å²) in [5.74, 6) is 0.149. The average molecular weight is 303 g/mol. The molecule has 0 radical (unpaired) electrons. The standard InChI is InChI=1S/C16H21N3OS/c1-2-6-14(15-9-5-10-21-15)18-11-12-7-3-4-8-13(12)16(17)19-20/h3-5,7-10,14,18,20H,2,6,11H2,1H3,(H2,17,19). The number of rotatable bonds is 7. The van der Waals surface area contributed by atoms with Gasteiger partial charge in [0.25, 0.3) is 0 Å². The average Bonchev–Trinajstić information content (AvgIpc) is 3.05. The van der Waals surface area contributed by atoms with Crippen LogP contribution < -0.4 is 11.1 Å². The van der Waals surface area contributed by atoms with E-state index in [1.54, 1.807) is 11.3 Å². The molecule has 5 heteroatoms. The van der Waals surface area contributed by atoms with Crippen LogP contribution >= 0.6 is 11.3 Å². The Morgan fingerprint density at radius 2 is 2.14 bits per heavy atom. The molecule has 0 bridgehead atoms. The lowest BCUT2D eigenvalue weighted by atomic mass is 10.1. The van der Waals surface area contributed by atoms with Gasteiger partial charge in [0.2, 0.25) is 0 Å². The van der Waals surface area contributed by atoms with Gasteiger partial charge in [0.05, 0.1) is 0 Å². The molecular weight excluding hydrogens is 282 g/mol. The molecule has 1 heterocycles. The van der Waals surface area contributed by atoms with E-state index in [2.05, 4.69) is 34.9 Å². The van der Waals surface area contributed by atoms with Gasteiger partial charge in [0.15, 0.2) is 5.84 Å². The molecule has 0 aliphatic rings. The molecule has 0 spiro atoms. The Hall–Kier alpha value is -1.85. The first-order valence-electron chi connectivity index (χ1n) is 7.08. The van der Waals surface area contributed by atoms with E-state index < -0.39 is 0 Å². The molecule has 1 aromatic carbocycles. The van der Waals surface area contributed by atoms with Crippen LogP contribution in [-0.2, 0) is 6.54 Å². The van der Waals surface area contributed by atoms with E-state index in [1.165, 1.54) is 4.88 Å². The van der Waals surface area contributed by atoms with Gasteiger partial charge in [-0.15, -0.1) is 11.3 Å². The van der Waals surface area contributed by atoms with Crippen LogP contribution in [0.25, 0.3) is 0 Å². The highest BCUT2D eigenvalue weighted by Crippen LogP contribution is 2.24. The molecule has 0 aliphatic heterocycles. The van der Waals surface area contributed by atoms with Crippen molar-refractivity contribution in [3.63, 3.8) is 0 Å². The summed E-state index contributed by atoms with van der Waals surface area (Å²) in [6.07, 6.45) is 2.21. The zero-order valence-electron chi connectivity index (χ0n) is 12.1. The Bertz CT molecular complexity index is 581. The first-order chi connectivity index (χ1) is 10.3. The predicted molar refractivity (Wildman–Crippen MR) is 87.8 cm³/mol. The molecule has 0 fully saturated rings. The maximum atomic E-state index is 8.87. The van der Waals surface area contributed by atoms with Gasteiger partial charge in [0, 0.05) is 23.0 Å². The van der Waals surface area contributed by atoms with Crippen LogP contribution in [0, 0.1) is 0 Å². The van der Waals surface area contributed by atoms with E-state index in [-0.39, 0.29) is 5.84 Å². The second kappa shape index (κ2) is 7.81. The Morgan fingerprint density at radius 1 is 1.33 bits per heavy atom. The number of benzene rings is 1. The number of thiophene rings is 1. The Labute approximate surface area is 129 Å². The van der Waals surface area contributed by atoms with Crippen LogP contribution in [-0.4, -0.2) is 11.0 Å². The van der Waals surface area contributed by atoms with Crippen molar-refractivity contribution in [3.05, 3.63) is 57.8 Å². The Kier molecular flexibility index (Phi) is 5.78. The highest BCUT2D eigenvalue weighted by molar-refractivity contribution is 7.10. The van der Waals surface area contributed by atoms with Crippen LogP contribution in [0.3, 0.4) is 0 Å². The lowest BCUT2D eigenvalue weighted by Crippen LogP contribution is -2.23. The zero-order chi connectivity index (χ0) is 15.1. The summed E-state index contributed by atoms with van der Waals surface area (Å²) >= 11 is 1.77. The SMILES string of the molecule is CCCC(NCc1ccccc1C(N)=NO)c1cccs1. The molecule has 4 N–H and O–H groups in total. The van der Waals surface area contributed by atoms with Gasteiger partial charge in [-0.25, -0.2) is 0 Å². The molecule has 2 rings (SSSR count). The summed E-state index contributed by atoms with van der Waals surface area (Å²) in [6, 6.07) is 12.3. The van der Waals surface area contributed by atoms with E-state index in [9.17, 15) is 0 Å². The van der Waals surface area contributed by atoms with Crippen molar-refractivity contribution in [2.24, 2.45) is 10.9 Å². The van der Waals surface area contributed by atoms with Crippen molar-refractivity contribution in [2.75, 3.05) is 0 Å². The summed E-state index contributed by atoms with van der Waals surface area (Å²) in [7, 11) is 0. The number of hydrogen-bond acceptors (Lipinski definition) is 4. The minimum atomic E-state index is 0.149. The summed E-state index contributed by atoms with van der Waals surface area (Å²) in [4.78, 5) is 1.35. The van der Waals surface area contributed by atoms with E-state index in [1.807, 2.05) is 24.3 Å². The fourth-order valence-corrected chi connectivity index (χ4v) is 3.17. The van der Waals surface area contributed by atoms with Crippen LogP contribution in [0.1, 0.15) is 41.8 Å². The number of nitrogens with zero attached hydrogens (tertiary/aromatic N) is 1. The number of nitrogens with one attached hydrogen (secondary N) is 1. The first kappa shape index (κ1) is 15.5. The highest BCUT2D eigenvalue weighted by Gasteiger charge is 2.13. The molecule has 112 valence electrons. The summed E-state index contributed by atoms with van der Waals surface area (Å²) in [5, 5.41) is 17.6. The van der Waals surface area contributed by atoms with Gasteiger partial charge >= 0.3 is 0 Å². The second-order valence-electron chi connectivity index (χ2n) is 4.88. The molecule has 0 saturated heterocycles.